The quantitative estimate of drug-likeness (QED) is 0.165. The van der Waals surface area contributed by atoms with Crippen LogP contribution in [0.15, 0.2) is 85.6 Å². The average Bonchev–Trinajstić information content (AvgIpc) is 3.52. The summed E-state index contributed by atoms with van der Waals surface area (Å²) in [6, 6.07) is 10.7. The van der Waals surface area contributed by atoms with Crippen LogP contribution in [0.1, 0.15) is 123 Å². The summed E-state index contributed by atoms with van der Waals surface area (Å²) in [6.07, 6.45) is 15.5. The number of aromatic nitrogens is 1. The number of carbonyl (C=O) groups is 1. The van der Waals surface area contributed by atoms with Crippen LogP contribution in [-0.4, -0.2) is 42.2 Å². The summed E-state index contributed by atoms with van der Waals surface area (Å²) in [5.74, 6) is 0.127. The van der Waals surface area contributed by atoms with Crippen LogP contribution in [-0.2, 0) is 10.3 Å². The van der Waals surface area contributed by atoms with Crippen molar-refractivity contribution in [2.45, 2.75) is 134 Å². The minimum Gasteiger partial charge on any atom is -0.354 e. The third-order valence-corrected chi connectivity index (χ3v) is 9.10. The Bertz CT molecular complexity index is 1320. The molecule has 0 saturated carbocycles. The fourth-order valence-electron chi connectivity index (χ4n) is 7.33. The monoisotopic (exact) mass is 677 g/mol. The molecule has 278 valence electrons. The highest BCUT2D eigenvalue weighted by Gasteiger charge is 2.42. The highest BCUT2D eigenvalue weighted by Crippen LogP contribution is 2.40. The van der Waals surface area contributed by atoms with Gasteiger partial charge in [0.2, 0.25) is 5.91 Å². The maximum absolute atomic E-state index is 14.0. The third-order valence-electron chi connectivity index (χ3n) is 9.10. The first kappa shape index (κ1) is 46.1. The second-order valence-corrected chi connectivity index (χ2v) is 15.4. The molecule has 2 aromatic rings. The second-order valence-electron chi connectivity index (χ2n) is 15.4. The van der Waals surface area contributed by atoms with E-state index in [4.69, 9.17) is 0 Å². The molecule has 49 heavy (non-hydrogen) atoms. The number of carbonyl (C=O) groups excluding carboxylic acids is 1. The van der Waals surface area contributed by atoms with E-state index in [-0.39, 0.29) is 27.7 Å². The first-order valence-electron chi connectivity index (χ1n) is 19.0. The molecule has 0 unspecified atom stereocenters. The molecular formula is C44H76N4O. The molecule has 5 heteroatoms. The standard InChI is InChI=1S/C38H58N4O.3C2H6/c1-11-13-18-31(16-12-2)36(7,8)26-34(3,4)29-41-38(21-23-39-24-22-38)33(43)40-28-35(5,6)27-37(9,10)42-25-20-30-17-14-15-19-32(30)42;3*1-2/h11-20,25,39,41H,1-2,21-24,26-29H2,3-10H3,(H,40,43);3*1-2H3/b18-13-,31-16+;;;. The summed E-state index contributed by atoms with van der Waals surface area (Å²) < 4.78 is 2.38. The van der Waals surface area contributed by atoms with Gasteiger partial charge in [-0.25, -0.2) is 0 Å². The molecule has 1 aliphatic heterocycles. The largest absolute Gasteiger partial charge is 0.354 e. The van der Waals surface area contributed by atoms with Crippen LogP contribution in [0.4, 0.5) is 0 Å². The molecule has 0 atom stereocenters. The van der Waals surface area contributed by atoms with E-state index in [1.54, 1.807) is 0 Å². The average molecular weight is 677 g/mol. The van der Waals surface area contributed by atoms with Gasteiger partial charge < -0.3 is 20.5 Å². The van der Waals surface area contributed by atoms with Crippen molar-refractivity contribution in [3.63, 3.8) is 0 Å². The van der Waals surface area contributed by atoms with Gasteiger partial charge >= 0.3 is 0 Å². The number of piperidine rings is 1. The molecule has 2 heterocycles. The minimum atomic E-state index is -0.572. The maximum atomic E-state index is 14.0. The number of fused-ring (bicyclic) bond motifs is 1. The number of amides is 1. The van der Waals surface area contributed by atoms with Crippen molar-refractivity contribution in [3.05, 3.63) is 85.6 Å². The molecule has 3 rings (SSSR count). The van der Waals surface area contributed by atoms with Crippen LogP contribution in [0.2, 0.25) is 0 Å². The summed E-state index contributed by atoms with van der Waals surface area (Å²) in [5, 5.41) is 11.9. The van der Waals surface area contributed by atoms with Gasteiger partial charge in [0.05, 0.1) is 0 Å². The Labute approximate surface area is 303 Å². The van der Waals surface area contributed by atoms with Gasteiger partial charge in [0.1, 0.15) is 5.54 Å². The third kappa shape index (κ3) is 14.1. The molecule has 0 aliphatic carbocycles. The van der Waals surface area contributed by atoms with E-state index in [9.17, 15) is 4.79 Å². The summed E-state index contributed by atoms with van der Waals surface area (Å²) in [4.78, 5) is 14.0. The summed E-state index contributed by atoms with van der Waals surface area (Å²) in [5.41, 5.74) is 1.62. The normalized spacial score (nSPS) is 15.2. The lowest BCUT2D eigenvalue weighted by Crippen LogP contribution is -2.63. The Kier molecular flexibility index (Phi) is 20.1. The van der Waals surface area contributed by atoms with Gasteiger partial charge in [0.15, 0.2) is 0 Å². The lowest BCUT2D eigenvalue weighted by molar-refractivity contribution is -0.129. The van der Waals surface area contributed by atoms with Crippen LogP contribution >= 0.6 is 0 Å². The zero-order valence-electron chi connectivity index (χ0n) is 34.3. The summed E-state index contributed by atoms with van der Waals surface area (Å²) in [7, 11) is 0. The number of nitrogens with zero attached hydrogens (tertiary/aromatic N) is 1. The van der Waals surface area contributed by atoms with Crippen molar-refractivity contribution in [3.8, 4) is 0 Å². The van der Waals surface area contributed by atoms with Gasteiger partial charge in [-0.2, -0.15) is 0 Å². The topological polar surface area (TPSA) is 58.1 Å². The van der Waals surface area contributed by atoms with Crippen molar-refractivity contribution in [2.24, 2.45) is 16.2 Å². The molecule has 1 aromatic carbocycles. The molecule has 1 aliphatic rings. The second kappa shape index (κ2) is 21.4. The fraction of sp³-hybridized carbons (Fsp3) is 0.614. The maximum Gasteiger partial charge on any atom is 0.240 e. The van der Waals surface area contributed by atoms with Crippen LogP contribution < -0.4 is 16.0 Å². The van der Waals surface area contributed by atoms with E-state index in [1.165, 1.54) is 16.5 Å². The number of benzene rings is 1. The Hall–Kier alpha value is -2.89. The molecule has 1 fully saturated rings. The highest BCUT2D eigenvalue weighted by molar-refractivity contribution is 5.86. The number of para-hydroxylation sites is 1. The van der Waals surface area contributed by atoms with Crippen LogP contribution in [0, 0.1) is 16.2 Å². The Morgan fingerprint density at radius 2 is 1.41 bits per heavy atom. The molecule has 1 aromatic heterocycles. The molecule has 0 radical (unpaired) electrons. The first-order chi connectivity index (χ1) is 23.1. The molecule has 5 nitrogen and oxygen atoms in total. The SMILES string of the molecule is C=C/C=C\C(=C/C=C)C(C)(C)CC(C)(C)CNC1(C(=O)NCC(C)(C)CC(C)(C)n2ccc3ccccc32)CCNCC1.CC.CC.CC. The Balaban J connectivity index is 0.00000363. The van der Waals surface area contributed by atoms with Crippen LogP contribution in [0.25, 0.3) is 10.9 Å². The molecule has 0 spiro atoms. The number of rotatable bonds is 15. The van der Waals surface area contributed by atoms with Gasteiger partial charge in [-0.1, -0.05) is 145 Å². The van der Waals surface area contributed by atoms with Crippen LogP contribution in [0.3, 0.4) is 0 Å². The molecule has 0 bridgehead atoms. The van der Waals surface area contributed by atoms with E-state index in [1.807, 2.05) is 59.8 Å². The van der Waals surface area contributed by atoms with Gasteiger partial charge in [0.25, 0.3) is 0 Å². The van der Waals surface area contributed by atoms with E-state index < -0.39 is 5.54 Å². The van der Waals surface area contributed by atoms with Gasteiger partial charge in [0, 0.05) is 30.3 Å². The van der Waals surface area contributed by atoms with Crippen molar-refractivity contribution >= 4 is 16.8 Å². The summed E-state index contributed by atoms with van der Waals surface area (Å²) in [6.45, 7) is 41.1. The first-order valence-corrected chi connectivity index (χ1v) is 19.0. The van der Waals surface area contributed by atoms with Crippen LogP contribution in [0.5, 0.6) is 0 Å². The zero-order chi connectivity index (χ0) is 37.9. The van der Waals surface area contributed by atoms with E-state index in [2.05, 4.69) is 138 Å². The van der Waals surface area contributed by atoms with Crippen molar-refractivity contribution in [1.29, 1.82) is 0 Å². The van der Waals surface area contributed by atoms with E-state index >= 15 is 0 Å². The Morgan fingerprint density at radius 1 is 0.837 bits per heavy atom. The lowest BCUT2D eigenvalue weighted by atomic mass is 9.70. The summed E-state index contributed by atoms with van der Waals surface area (Å²) >= 11 is 0. The fourth-order valence-corrected chi connectivity index (χ4v) is 7.33. The molecule has 1 amide bonds. The molecular weight excluding hydrogens is 601 g/mol. The van der Waals surface area contributed by atoms with Crippen molar-refractivity contribution in [2.75, 3.05) is 26.2 Å². The minimum absolute atomic E-state index is 0.0350. The Morgan fingerprint density at radius 3 is 1.98 bits per heavy atom. The number of allylic oxidation sites excluding steroid dienone is 6. The highest BCUT2D eigenvalue weighted by atomic mass is 16.2. The van der Waals surface area contributed by atoms with E-state index in [0.29, 0.717) is 6.54 Å². The molecule has 1 saturated heterocycles. The van der Waals surface area contributed by atoms with Crippen molar-refractivity contribution < 1.29 is 4.79 Å². The predicted octanol–water partition coefficient (Wildman–Crippen LogP) is 11.0. The molecule has 3 N–H and O–H groups in total. The zero-order valence-corrected chi connectivity index (χ0v) is 34.3. The van der Waals surface area contributed by atoms with Gasteiger partial charge in [-0.15, -0.1) is 0 Å². The van der Waals surface area contributed by atoms with E-state index in [0.717, 1.165) is 45.3 Å². The number of hydrogen-bond donors (Lipinski definition) is 3. The number of hydrogen-bond acceptors (Lipinski definition) is 3. The van der Waals surface area contributed by atoms with Crippen molar-refractivity contribution in [1.82, 2.24) is 20.5 Å². The van der Waals surface area contributed by atoms with Gasteiger partial charge in [-0.05, 0) is 92.0 Å². The number of nitrogens with one attached hydrogen (secondary N) is 3. The predicted molar refractivity (Wildman–Crippen MR) is 219 cm³/mol. The lowest BCUT2D eigenvalue weighted by Gasteiger charge is -2.43. The smallest absolute Gasteiger partial charge is 0.240 e. The van der Waals surface area contributed by atoms with Gasteiger partial charge in [-0.3, -0.25) is 4.79 Å².